The van der Waals surface area contributed by atoms with Gasteiger partial charge in [0.15, 0.2) is 10.8 Å². The minimum absolute atomic E-state index is 0.635. The number of aromatic nitrogens is 5. The van der Waals surface area contributed by atoms with Crippen LogP contribution in [0.5, 0.6) is 0 Å². The third-order valence-electron chi connectivity index (χ3n) is 2.89. The first kappa shape index (κ1) is 13.3. The smallest absolute Gasteiger partial charge is 0.193 e. The van der Waals surface area contributed by atoms with Crippen LogP contribution in [-0.2, 0) is 13.1 Å². The van der Waals surface area contributed by atoms with Gasteiger partial charge in [-0.25, -0.2) is 14.6 Å². The van der Waals surface area contributed by atoms with Crippen LogP contribution in [0, 0.1) is 5.92 Å². The molecule has 0 saturated carbocycles. The Bertz CT molecular complexity index is 651. The number of hydrogen-bond acceptors (Lipinski definition) is 5. The molecule has 0 spiro atoms. The van der Waals surface area contributed by atoms with Gasteiger partial charge < -0.3 is 5.32 Å². The second kappa shape index (κ2) is 5.72. The van der Waals surface area contributed by atoms with E-state index in [-0.39, 0.29) is 0 Å². The van der Waals surface area contributed by atoms with Gasteiger partial charge in [0.2, 0.25) is 0 Å². The van der Waals surface area contributed by atoms with Crippen molar-refractivity contribution in [3.8, 4) is 0 Å². The van der Waals surface area contributed by atoms with Crippen molar-refractivity contribution in [2.45, 2.75) is 26.9 Å². The van der Waals surface area contributed by atoms with Gasteiger partial charge in [0.1, 0.15) is 6.33 Å². The summed E-state index contributed by atoms with van der Waals surface area (Å²) in [6, 6.07) is 0. The number of fused-ring (bicyclic) bond motifs is 1. The second-order valence-corrected chi connectivity index (χ2v) is 6.08. The molecule has 1 N–H and O–H groups in total. The number of thiazole rings is 1. The molecule has 0 unspecified atom stereocenters. The highest BCUT2D eigenvalue weighted by molar-refractivity contribution is 7.15. The van der Waals surface area contributed by atoms with Gasteiger partial charge in [0.25, 0.3) is 0 Å². The lowest BCUT2D eigenvalue weighted by atomic mass is 10.2. The molecule has 20 heavy (non-hydrogen) atoms. The minimum atomic E-state index is 0.635. The molecule has 0 aliphatic heterocycles. The quantitative estimate of drug-likeness (QED) is 0.752. The lowest BCUT2D eigenvalue weighted by Crippen LogP contribution is -2.19. The maximum absolute atomic E-state index is 4.54. The number of rotatable bonds is 6. The first-order valence-corrected chi connectivity index (χ1v) is 7.59. The lowest BCUT2D eigenvalue weighted by Gasteiger charge is -2.04. The largest absolute Gasteiger partial charge is 0.310 e. The summed E-state index contributed by atoms with van der Waals surface area (Å²) in [5.74, 6) is 1.46. The number of imidazole rings is 1. The van der Waals surface area contributed by atoms with Gasteiger partial charge in [-0.3, -0.25) is 4.40 Å². The number of nitrogens with one attached hydrogen (secondary N) is 1. The molecule has 0 saturated heterocycles. The molecule has 3 aromatic heterocycles. The zero-order valence-corrected chi connectivity index (χ0v) is 12.5. The molecule has 6 nitrogen and oxygen atoms in total. The van der Waals surface area contributed by atoms with Crippen molar-refractivity contribution in [2.75, 3.05) is 6.54 Å². The third-order valence-corrected chi connectivity index (χ3v) is 3.66. The summed E-state index contributed by atoms with van der Waals surface area (Å²) in [5.41, 5.74) is 1.00. The molecular formula is C13H18N6S. The van der Waals surface area contributed by atoms with Crippen molar-refractivity contribution in [3.63, 3.8) is 0 Å². The first-order chi connectivity index (χ1) is 9.70. The van der Waals surface area contributed by atoms with Crippen molar-refractivity contribution < 1.29 is 0 Å². The second-order valence-electron chi connectivity index (χ2n) is 5.21. The molecule has 0 radical (unpaired) electrons. The molecule has 0 bridgehead atoms. The van der Waals surface area contributed by atoms with Crippen molar-refractivity contribution in [2.24, 2.45) is 5.92 Å². The Morgan fingerprint density at radius 2 is 2.30 bits per heavy atom. The van der Waals surface area contributed by atoms with E-state index in [0.717, 1.165) is 23.0 Å². The maximum Gasteiger partial charge on any atom is 0.193 e. The fourth-order valence-electron chi connectivity index (χ4n) is 1.98. The third kappa shape index (κ3) is 3.05. The van der Waals surface area contributed by atoms with E-state index in [1.54, 1.807) is 17.7 Å². The zero-order valence-electron chi connectivity index (χ0n) is 11.7. The highest BCUT2D eigenvalue weighted by atomic mass is 32.1. The topological polar surface area (TPSA) is 60.0 Å². The molecule has 0 amide bonds. The molecule has 3 rings (SSSR count). The molecular weight excluding hydrogens is 272 g/mol. The molecule has 0 fully saturated rings. The van der Waals surface area contributed by atoms with Gasteiger partial charge in [-0.15, -0.1) is 11.3 Å². The minimum Gasteiger partial charge on any atom is -0.310 e. The molecule has 0 atom stereocenters. The van der Waals surface area contributed by atoms with E-state index in [4.69, 9.17) is 0 Å². The van der Waals surface area contributed by atoms with Crippen LogP contribution in [-0.4, -0.2) is 30.7 Å². The fourth-order valence-corrected chi connectivity index (χ4v) is 2.70. The van der Waals surface area contributed by atoms with Crippen LogP contribution in [0.15, 0.2) is 24.1 Å². The van der Waals surface area contributed by atoms with Gasteiger partial charge in [0.05, 0.1) is 18.8 Å². The molecule has 3 heterocycles. The van der Waals surface area contributed by atoms with E-state index in [1.165, 1.54) is 0 Å². The first-order valence-electron chi connectivity index (χ1n) is 6.71. The normalized spacial score (nSPS) is 11.8. The van der Waals surface area contributed by atoms with Crippen LogP contribution < -0.4 is 5.32 Å². The van der Waals surface area contributed by atoms with E-state index < -0.39 is 0 Å². The average Bonchev–Trinajstić information content (AvgIpc) is 3.05. The van der Waals surface area contributed by atoms with Crippen molar-refractivity contribution in [1.82, 2.24) is 29.5 Å². The molecule has 0 aliphatic rings. The van der Waals surface area contributed by atoms with Crippen LogP contribution in [0.2, 0.25) is 0 Å². The van der Waals surface area contributed by atoms with Crippen molar-refractivity contribution in [3.05, 3.63) is 35.6 Å². The summed E-state index contributed by atoms with van der Waals surface area (Å²) in [5, 5.41) is 9.82. The molecule has 0 aliphatic carbocycles. The fraction of sp³-hybridized carbons (Fsp3) is 0.462. The van der Waals surface area contributed by atoms with E-state index in [0.29, 0.717) is 19.0 Å². The molecule has 3 aromatic rings. The standard InChI is InChI=1S/C13H18N6S/c1-10(2)5-14-6-12-15-9-19(17-12)8-11-7-18-3-4-20-13(18)16-11/h3-4,7,9-10,14H,5-6,8H2,1-2H3. The summed E-state index contributed by atoms with van der Waals surface area (Å²) in [6.45, 7) is 6.72. The van der Waals surface area contributed by atoms with E-state index in [9.17, 15) is 0 Å². The molecule has 7 heteroatoms. The van der Waals surface area contributed by atoms with Crippen molar-refractivity contribution >= 4 is 16.3 Å². The monoisotopic (exact) mass is 290 g/mol. The Morgan fingerprint density at radius 3 is 3.10 bits per heavy atom. The molecule has 106 valence electrons. The van der Waals surface area contributed by atoms with Crippen LogP contribution in [0.3, 0.4) is 0 Å². The van der Waals surface area contributed by atoms with E-state index in [1.807, 2.05) is 26.9 Å². The van der Waals surface area contributed by atoms with Crippen LogP contribution >= 0.6 is 11.3 Å². The summed E-state index contributed by atoms with van der Waals surface area (Å²) in [4.78, 5) is 9.86. The average molecular weight is 290 g/mol. The Morgan fingerprint density at radius 1 is 1.40 bits per heavy atom. The summed E-state index contributed by atoms with van der Waals surface area (Å²) < 4.78 is 3.86. The Balaban J connectivity index is 1.60. The lowest BCUT2D eigenvalue weighted by molar-refractivity contribution is 0.539. The number of nitrogens with zero attached hydrogens (tertiary/aromatic N) is 5. The summed E-state index contributed by atoms with van der Waals surface area (Å²) in [6.07, 6.45) is 5.81. The van der Waals surface area contributed by atoms with Crippen molar-refractivity contribution in [1.29, 1.82) is 0 Å². The Kier molecular flexibility index (Phi) is 3.79. The van der Waals surface area contributed by atoms with Gasteiger partial charge in [0, 0.05) is 17.8 Å². The maximum atomic E-state index is 4.54. The molecule has 0 aromatic carbocycles. The predicted molar refractivity (Wildman–Crippen MR) is 78.7 cm³/mol. The zero-order chi connectivity index (χ0) is 13.9. The van der Waals surface area contributed by atoms with E-state index >= 15 is 0 Å². The van der Waals surface area contributed by atoms with Gasteiger partial charge in [-0.1, -0.05) is 13.8 Å². The van der Waals surface area contributed by atoms with Crippen LogP contribution in [0.1, 0.15) is 25.4 Å². The Hall–Kier alpha value is -1.73. The van der Waals surface area contributed by atoms with Gasteiger partial charge in [-0.05, 0) is 12.5 Å². The van der Waals surface area contributed by atoms with Crippen LogP contribution in [0.4, 0.5) is 0 Å². The summed E-state index contributed by atoms with van der Waals surface area (Å²) >= 11 is 1.63. The number of hydrogen-bond donors (Lipinski definition) is 1. The van der Waals surface area contributed by atoms with E-state index in [2.05, 4.69) is 34.2 Å². The SMILES string of the molecule is CC(C)CNCc1ncn(Cc2cn3ccsc3n2)n1. The van der Waals surface area contributed by atoms with Gasteiger partial charge >= 0.3 is 0 Å². The summed E-state index contributed by atoms with van der Waals surface area (Å²) in [7, 11) is 0. The highest BCUT2D eigenvalue weighted by Crippen LogP contribution is 2.11. The van der Waals surface area contributed by atoms with Crippen LogP contribution in [0.25, 0.3) is 4.96 Å². The predicted octanol–water partition coefficient (Wildman–Crippen LogP) is 1.78. The van der Waals surface area contributed by atoms with Gasteiger partial charge in [-0.2, -0.15) is 5.10 Å². The Labute approximate surface area is 121 Å². The highest BCUT2D eigenvalue weighted by Gasteiger charge is 2.06.